The van der Waals surface area contributed by atoms with Crippen LogP contribution >= 0.6 is 34.8 Å². The van der Waals surface area contributed by atoms with Crippen LogP contribution in [0.1, 0.15) is 17.5 Å². The number of benzene rings is 2. The Labute approximate surface area is 160 Å². The zero-order valence-corrected chi connectivity index (χ0v) is 15.2. The van der Waals surface area contributed by atoms with Crippen molar-refractivity contribution in [2.75, 3.05) is 5.32 Å². The first-order chi connectivity index (χ1) is 12.0. The second-order valence-corrected chi connectivity index (χ2v) is 6.56. The molecule has 1 N–H and O–H groups in total. The van der Waals surface area contributed by atoms with Crippen molar-refractivity contribution in [3.63, 3.8) is 0 Å². The van der Waals surface area contributed by atoms with Gasteiger partial charge in [0.05, 0.1) is 21.3 Å². The molecular weight excluding hydrogens is 383 g/mol. The summed E-state index contributed by atoms with van der Waals surface area (Å²) in [7, 11) is 0. The topological polar surface area (TPSA) is 50.7 Å². The zero-order valence-electron chi connectivity index (χ0n) is 12.9. The number of anilines is 1. The first-order valence-electron chi connectivity index (χ1n) is 7.48. The lowest BCUT2D eigenvalue weighted by Gasteiger charge is -2.16. The molecule has 2 aromatic carbocycles. The van der Waals surface area contributed by atoms with Crippen LogP contribution in [0.2, 0.25) is 10.0 Å². The third-order valence-electron chi connectivity index (χ3n) is 3.71. The van der Waals surface area contributed by atoms with Crippen molar-refractivity contribution in [1.82, 2.24) is 0 Å². The number of hydrogen-bond acceptors (Lipinski definition) is 3. The molecule has 1 aliphatic rings. The number of rotatable bonds is 3. The van der Waals surface area contributed by atoms with E-state index >= 15 is 0 Å². The van der Waals surface area contributed by atoms with E-state index in [1.54, 1.807) is 12.1 Å². The van der Waals surface area contributed by atoms with Gasteiger partial charge in [0.1, 0.15) is 0 Å². The molecule has 0 atom stereocenters. The molecular formula is C18H13Cl3N2O2. The fraction of sp³-hybridized carbons (Fsp3) is 0.111. The van der Waals surface area contributed by atoms with Gasteiger partial charge < -0.3 is 0 Å². The second-order valence-electron chi connectivity index (χ2n) is 5.36. The highest BCUT2D eigenvalue weighted by atomic mass is 35.5. The summed E-state index contributed by atoms with van der Waals surface area (Å²) in [6.45, 7) is 0. The molecule has 1 amide bonds. The minimum atomic E-state index is -0.734. The Morgan fingerprint density at radius 1 is 1.08 bits per heavy atom. The molecule has 128 valence electrons. The van der Waals surface area contributed by atoms with E-state index in [1.807, 2.05) is 24.3 Å². The Kier molecular flexibility index (Phi) is 5.63. The van der Waals surface area contributed by atoms with Crippen molar-refractivity contribution in [2.24, 2.45) is 5.16 Å². The van der Waals surface area contributed by atoms with Gasteiger partial charge in [-0.15, -0.1) is 0 Å². The van der Waals surface area contributed by atoms with E-state index in [0.29, 0.717) is 20.8 Å². The van der Waals surface area contributed by atoms with Gasteiger partial charge in [0, 0.05) is 5.69 Å². The van der Waals surface area contributed by atoms with Crippen LogP contribution in [0.4, 0.5) is 10.5 Å². The van der Waals surface area contributed by atoms with Gasteiger partial charge in [-0.2, -0.15) is 0 Å². The van der Waals surface area contributed by atoms with Crippen molar-refractivity contribution in [3.05, 3.63) is 69.2 Å². The number of allylic oxidation sites excluding steroid dienone is 1. The van der Waals surface area contributed by atoms with Gasteiger partial charge in [0.2, 0.25) is 0 Å². The minimum absolute atomic E-state index is 0.334. The molecule has 3 rings (SSSR count). The third-order valence-corrected chi connectivity index (χ3v) is 4.89. The monoisotopic (exact) mass is 394 g/mol. The summed E-state index contributed by atoms with van der Waals surface area (Å²) >= 11 is 18.1. The summed E-state index contributed by atoms with van der Waals surface area (Å²) in [6, 6.07) is 12.6. The molecule has 0 radical (unpaired) electrons. The highest BCUT2D eigenvalue weighted by Crippen LogP contribution is 2.33. The van der Waals surface area contributed by atoms with E-state index in [4.69, 9.17) is 39.6 Å². The summed E-state index contributed by atoms with van der Waals surface area (Å²) in [5.41, 5.74) is 3.46. The summed E-state index contributed by atoms with van der Waals surface area (Å²) in [5, 5.41) is 7.58. The maximum atomic E-state index is 11.8. The summed E-state index contributed by atoms with van der Waals surface area (Å²) in [6.07, 6.45) is 2.33. The van der Waals surface area contributed by atoms with Gasteiger partial charge in [-0.05, 0) is 47.7 Å². The average Bonchev–Trinajstić information content (AvgIpc) is 2.60. The van der Waals surface area contributed by atoms with Gasteiger partial charge in [-0.25, -0.2) is 4.79 Å². The molecule has 0 spiro atoms. The third kappa shape index (κ3) is 4.34. The van der Waals surface area contributed by atoms with Crippen LogP contribution in [0.25, 0.3) is 5.03 Å². The number of halogens is 3. The molecule has 0 bridgehead atoms. The van der Waals surface area contributed by atoms with E-state index in [0.717, 1.165) is 24.0 Å². The summed E-state index contributed by atoms with van der Waals surface area (Å²) in [4.78, 5) is 16.6. The predicted molar refractivity (Wildman–Crippen MR) is 103 cm³/mol. The molecule has 2 aromatic rings. The van der Waals surface area contributed by atoms with Gasteiger partial charge >= 0.3 is 6.09 Å². The summed E-state index contributed by atoms with van der Waals surface area (Å²) in [5.74, 6) is 0. The lowest BCUT2D eigenvalue weighted by molar-refractivity contribution is 0.167. The number of carbonyl (C=O) groups is 1. The number of amides is 1. The number of nitrogens with one attached hydrogen (secondary N) is 1. The van der Waals surface area contributed by atoms with Gasteiger partial charge in [0.25, 0.3) is 0 Å². The zero-order chi connectivity index (χ0) is 17.8. The molecule has 0 heterocycles. The Morgan fingerprint density at radius 2 is 1.88 bits per heavy atom. The highest BCUT2D eigenvalue weighted by Gasteiger charge is 2.16. The van der Waals surface area contributed by atoms with Gasteiger partial charge in [-0.3, -0.25) is 10.2 Å². The smallest absolute Gasteiger partial charge is 0.298 e. The normalized spacial score (nSPS) is 13.7. The summed E-state index contributed by atoms with van der Waals surface area (Å²) < 4.78 is 0. The highest BCUT2D eigenvalue weighted by molar-refractivity contribution is 6.51. The Bertz CT molecular complexity index is 878. The quantitative estimate of drug-likeness (QED) is 0.386. The van der Waals surface area contributed by atoms with Crippen molar-refractivity contribution >= 4 is 57.8 Å². The lowest BCUT2D eigenvalue weighted by atomic mass is 9.92. The fourth-order valence-corrected chi connectivity index (χ4v) is 3.10. The first-order valence-corrected chi connectivity index (χ1v) is 8.61. The van der Waals surface area contributed by atoms with Crippen LogP contribution in [0.15, 0.2) is 53.2 Å². The minimum Gasteiger partial charge on any atom is -0.298 e. The van der Waals surface area contributed by atoms with Crippen LogP contribution in [0.3, 0.4) is 0 Å². The van der Waals surface area contributed by atoms with Crippen LogP contribution in [-0.2, 0) is 11.3 Å². The SMILES string of the molecule is O=C(Nc1ccc(Cl)c(Cl)c1)O/N=C/C1=C(Cl)c2ccccc2CC1. The number of carbonyl (C=O) groups excluding carboxylic acids is 1. The maximum absolute atomic E-state index is 11.8. The Morgan fingerprint density at radius 3 is 2.68 bits per heavy atom. The molecule has 0 aliphatic heterocycles. The standard InChI is InChI=1S/C18H13Cl3N2O2/c19-15-8-7-13(9-16(15)20)23-18(24)25-22-10-12-6-5-11-3-1-2-4-14(11)17(12)21/h1-4,7-10H,5-6H2,(H,23,24)/b22-10+. The van der Waals surface area contributed by atoms with E-state index in [2.05, 4.69) is 10.5 Å². The molecule has 25 heavy (non-hydrogen) atoms. The largest absolute Gasteiger partial charge is 0.437 e. The van der Waals surface area contributed by atoms with Crippen molar-refractivity contribution in [2.45, 2.75) is 12.8 Å². The first kappa shape index (κ1) is 17.8. The maximum Gasteiger partial charge on any atom is 0.437 e. The van der Waals surface area contributed by atoms with Crippen molar-refractivity contribution in [1.29, 1.82) is 0 Å². The van der Waals surface area contributed by atoms with Crippen molar-refractivity contribution in [3.8, 4) is 0 Å². The predicted octanol–water partition coefficient (Wildman–Crippen LogP) is 6.12. The Balaban J connectivity index is 1.63. The molecule has 0 unspecified atom stereocenters. The molecule has 7 heteroatoms. The van der Waals surface area contributed by atoms with Crippen LogP contribution in [-0.4, -0.2) is 12.3 Å². The van der Waals surface area contributed by atoms with E-state index in [1.165, 1.54) is 17.8 Å². The van der Waals surface area contributed by atoms with Gasteiger partial charge in [0.15, 0.2) is 0 Å². The van der Waals surface area contributed by atoms with E-state index < -0.39 is 6.09 Å². The fourth-order valence-electron chi connectivity index (χ4n) is 2.48. The van der Waals surface area contributed by atoms with Gasteiger partial charge in [-0.1, -0.05) is 64.2 Å². The number of oxime groups is 1. The molecule has 0 saturated carbocycles. The number of fused-ring (bicyclic) bond motifs is 1. The van der Waals surface area contributed by atoms with E-state index in [9.17, 15) is 4.79 Å². The van der Waals surface area contributed by atoms with Crippen LogP contribution in [0.5, 0.6) is 0 Å². The van der Waals surface area contributed by atoms with E-state index in [-0.39, 0.29) is 0 Å². The van der Waals surface area contributed by atoms with Crippen molar-refractivity contribution < 1.29 is 9.63 Å². The number of nitrogens with zero attached hydrogens (tertiary/aromatic N) is 1. The molecule has 0 aromatic heterocycles. The van der Waals surface area contributed by atoms with Crippen LogP contribution in [0, 0.1) is 0 Å². The number of aryl methyl sites for hydroxylation is 1. The molecule has 0 saturated heterocycles. The lowest BCUT2D eigenvalue weighted by Crippen LogP contribution is -2.11. The molecule has 4 nitrogen and oxygen atoms in total. The average molecular weight is 396 g/mol. The second kappa shape index (κ2) is 7.91. The Hall–Kier alpha value is -2.01. The molecule has 1 aliphatic carbocycles. The van der Waals surface area contributed by atoms with Crippen LogP contribution < -0.4 is 5.32 Å². The molecule has 0 fully saturated rings. The number of hydrogen-bond donors (Lipinski definition) is 1.